The summed E-state index contributed by atoms with van der Waals surface area (Å²) in [6, 6.07) is 5.64. The zero-order valence-corrected chi connectivity index (χ0v) is 10.9. The van der Waals surface area contributed by atoms with Gasteiger partial charge in [-0.05, 0) is 38.4 Å². The van der Waals surface area contributed by atoms with E-state index in [1.54, 1.807) is 0 Å². The molecule has 1 fully saturated rings. The van der Waals surface area contributed by atoms with Crippen molar-refractivity contribution >= 4 is 23.7 Å². The van der Waals surface area contributed by atoms with Crippen molar-refractivity contribution in [2.24, 2.45) is 0 Å². The first-order valence-electron chi connectivity index (χ1n) is 5.25. The molecule has 0 saturated carbocycles. The van der Waals surface area contributed by atoms with Crippen molar-refractivity contribution in [1.29, 1.82) is 0 Å². The lowest BCUT2D eigenvalue weighted by Gasteiger charge is -2.29. The second-order valence-electron chi connectivity index (χ2n) is 4.00. The summed E-state index contributed by atoms with van der Waals surface area (Å²) in [7, 11) is 2.24. The molecule has 0 amide bonds. The smallest absolute Gasteiger partial charge is 0.0413 e. The Labute approximate surface area is 102 Å². The first-order chi connectivity index (χ1) is 6.79. The Balaban J connectivity index is 0.00000112. The Bertz CT molecular complexity index is 270. The molecule has 2 atom stereocenters. The molecule has 1 saturated heterocycles. The maximum absolute atomic E-state index is 3.42. The molecule has 0 aromatic carbocycles. The first kappa shape index (κ1) is 13.0. The maximum atomic E-state index is 3.42. The van der Waals surface area contributed by atoms with E-state index in [0.717, 1.165) is 6.54 Å². The van der Waals surface area contributed by atoms with Gasteiger partial charge in [-0.1, -0.05) is 6.07 Å². The highest BCUT2D eigenvalue weighted by atomic mass is 35.5. The molecule has 4 heteroatoms. The Morgan fingerprint density at radius 1 is 1.60 bits per heavy atom. The lowest BCUT2D eigenvalue weighted by atomic mass is 10.1. The number of nitrogens with one attached hydrogen (secondary N) is 1. The molecule has 0 radical (unpaired) electrons. The summed E-state index contributed by atoms with van der Waals surface area (Å²) >= 11 is 1.86. The molecule has 0 bridgehead atoms. The molecular formula is C11H19ClN2S. The molecule has 1 N–H and O–H groups in total. The van der Waals surface area contributed by atoms with E-state index in [1.165, 1.54) is 17.8 Å². The summed E-state index contributed by atoms with van der Waals surface area (Å²) in [6.45, 7) is 4.61. The monoisotopic (exact) mass is 246 g/mol. The molecule has 1 aliphatic heterocycles. The van der Waals surface area contributed by atoms with Crippen molar-refractivity contribution < 1.29 is 0 Å². The summed E-state index contributed by atoms with van der Waals surface area (Å²) in [6.07, 6.45) is 1.28. The number of nitrogens with zero attached hydrogens (tertiary/aromatic N) is 1. The van der Waals surface area contributed by atoms with Crippen LogP contribution in [-0.4, -0.2) is 31.1 Å². The van der Waals surface area contributed by atoms with Crippen molar-refractivity contribution in [2.45, 2.75) is 25.4 Å². The van der Waals surface area contributed by atoms with Crippen LogP contribution in [-0.2, 0) is 0 Å². The molecule has 1 aliphatic rings. The van der Waals surface area contributed by atoms with Gasteiger partial charge in [-0.3, -0.25) is 4.90 Å². The Hall–Kier alpha value is -0.0900. The molecule has 15 heavy (non-hydrogen) atoms. The minimum atomic E-state index is 0. The molecule has 86 valence electrons. The van der Waals surface area contributed by atoms with Crippen LogP contribution in [0.2, 0.25) is 0 Å². The Morgan fingerprint density at radius 3 is 2.93 bits per heavy atom. The SMILES string of the molecule is CC(c1cccs1)N(C)[C@H]1CCNC1.Cl. The number of halogens is 1. The third-order valence-electron chi connectivity index (χ3n) is 3.18. The zero-order valence-electron chi connectivity index (χ0n) is 9.27. The van der Waals surface area contributed by atoms with Crippen molar-refractivity contribution in [3.8, 4) is 0 Å². The predicted molar refractivity (Wildman–Crippen MR) is 69.0 cm³/mol. The predicted octanol–water partition coefficient (Wildman–Crippen LogP) is 2.52. The van der Waals surface area contributed by atoms with E-state index in [9.17, 15) is 0 Å². The highest BCUT2D eigenvalue weighted by Gasteiger charge is 2.23. The van der Waals surface area contributed by atoms with Crippen molar-refractivity contribution in [2.75, 3.05) is 20.1 Å². The maximum Gasteiger partial charge on any atom is 0.0413 e. The number of rotatable bonds is 3. The van der Waals surface area contributed by atoms with Gasteiger partial charge in [0.25, 0.3) is 0 Å². The van der Waals surface area contributed by atoms with E-state index in [0.29, 0.717) is 12.1 Å². The van der Waals surface area contributed by atoms with E-state index in [2.05, 4.69) is 41.7 Å². The van der Waals surface area contributed by atoms with Crippen molar-refractivity contribution in [3.63, 3.8) is 0 Å². The fraction of sp³-hybridized carbons (Fsp3) is 0.636. The van der Waals surface area contributed by atoms with E-state index in [1.807, 2.05) is 11.3 Å². The molecule has 2 nitrogen and oxygen atoms in total. The highest BCUT2D eigenvalue weighted by Crippen LogP contribution is 2.26. The first-order valence-corrected chi connectivity index (χ1v) is 6.13. The number of hydrogen-bond donors (Lipinski definition) is 1. The summed E-state index contributed by atoms with van der Waals surface area (Å²) in [4.78, 5) is 3.96. The molecule has 1 unspecified atom stereocenters. The van der Waals surface area contributed by atoms with Crippen LogP contribution in [0.25, 0.3) is 0 Å². The lowest BCUT2D eigenvalue weighted by Crippen LogP contribution is -2.35. The van der Waals surface area contributed by atoms with E-state index >= 15 is 0 Å². The fourth-order valence-electron chi connectivity index (χ4n) is 2.03. The van der Waals surface area contributed by atoms with Gasteiger partial charge in [0.1, 0.15) is 0 Å². The molecule has 1 aromatic heterocycles. The summed E-state index contributed by atoms with van der Waals surface area (Å²) in [5.74, 6) is 0. The highest BCUT2D eigenvalue weighted by molar-refractivity contribution is 7.10. The van der Waals surface area contributed by atoms with Gasteiger partial charge in [-0.25, -0.2) is 0 Å². The third-order valence-corrected chi connectivity index (χ3v) is 4.22. The van der Waals surface area contributed by atoms with E-state index < -0.39 is 0 Å². The van der Waals surface area contributed by atoms with Crippen LogP contribution in [0, 0.1) is 0 Å². The quantitative estimate of drug-likeness (QED) is 0.882. The van der Waals surface area contributed by atoms with E-state index in [-0.39, 0.29) is 12.4 Å². The molecule has 2 heterocycles. The molecule has 0 spiro atoms. The number of hydrogen-bond acceptors (Lipinski definition) is 3. The van der Waals surface area contributed by atoms with Crippen LogP contribution in [0.4, 0.5) is 0 Å². The van der Waals surface area contributed by atoms with Crippen molar-refractivity contribution in [1.82, 2.24) is 10.2 Å². The second kappa shape index (κ2) is 5.85. The van der Waals surface area contributed by atoms with Crippen LogP contribution >= 0.6 is 23.7 Å². The normalized spacial score (nSPS) is 22.7. The minimum Gasteiger partial charge on any atom is -0.315 e. The summed E-state index contributed by atoms with van der Waals surface area (Å²) in [5.41, 5.74) is 0. The average molecular weight is 247 g/mol. The van der Waals surface area contributed by atoms with Crippen LogP contribution in [0.3, 0.4) is 0 Å². The van der Waals surface area contributed by atoms with Crippen LogP contribution in [0.1, 0.15) is 24.3 Å². The van der Waals surface area contributed by atoms with Crippen molar-refractivity contribution in [3.05, 3.63) is 22.4 Å². The topological polar surface area (TPSA) is 15.3 Å². The molecule has 2 rings (SSSR count). The zero-order chi connectivity index (χ0) is 9.97. The van der Waals surface area contributed by atoms with Gasteiger partial charge in [-0.2, -0.15) is 0 Å². The van der Waals surface area contributed by atoms with Gasteiger partial charge in [-0.15, -0.1) is 23.7 Å². The van der Waals surface area contributed by atoms with Crippen LogP contribution in [0.15, 0.2) is 17.5 Å². The largest absolute Gasteiger partial charge is 0.315 e. The summed E-state index contributed by atoms with van der Waals surface area (Å²) in [5, 5.41) is 5.57. The number of likely N-dealkylation sites (N-methyl/N-ethyl adjacent to an activating group) is 1. The standard InChI is InChI=1S/C11H18N2S.ClH/c1-9(11-4-3-7-14-11)13(2)10-5-6-12-8-10;/h3-4,7,9-10,12H,5-6,8H2,1-2H3;1H/t9?,10-;/m0./s1. The van der Waals surface area contributed by atoms with Gasteiger partial charge >= 0.3 is 0 Å². The van der Waals surface area contributed by atoms with Gasteiger partial charge < -0.3 is 5.32 Å². The summed E-state index contributed by atoms with van der Waals surface area (Å²) < 4.78 is 0. The Morgan fingerprint density at radius 2 is 2.40 bits per heavy atom. The number of thiophene rings is 1. The second-order valence-corrected chi connectivity index (χ2v) is 4.98. The van der Waals surface area contributed by atoms with E-state index in [4.69, 9.17) is 0 Å². The molecule has 1 aromatic rings. The Kier molecular flexibility index (Phi) is 5.06. The van der Waals surface area contributed by atoms with Crippen LogP contribution < -0.4 is 5.32 Å². The minimum absolute atomic E-state index is 0. The fourth-order valence-corrected chi connectivity index (χ4v) is 2.87. The molecule has 0 aliphatic carbocycles. The van der Waals surface area contributed by atoms with Crippen LogP contribution in [0.5, 0.6) is 0 Å². The van der Waals surface area contributed by atoms with Gasteiger partial charge in [0, 0.05) is 23.5 Å². The third kappa shape index (κ3) is 2.94. The van der Waals surface area contributed by atoms with Gasteiger partial charge in [0.15, 0.2) is 0 Å². The van der Waals surface area contributed by atoms with Gasteiger partial charge in [0.2, 0.25) is 0 Å². The average Bonchev–Trinajstić information content (AvgIpc) is 2.87. The van der Waals surface area contributed by atoms with Gasteiger partial charge in [0.05, 0.1) is 0 Å². The lowest BCUT2D eigenvalue weighted by molar-refractivity contribution is 0.199. The molecular weight excluding hydrogens is 228 g/mol.